The van der Waals surface area contributed by atoms with Crippen LogP contribution in [-0.4, -0.2) is 5.91 Å². The van der Waals surface area contributed by atoms with E-state index in [0.29, 0.717) is 0 Å². The number of rotatable bonds is 2. The van der Waals surface area contributed by atoms with Gasteiger partial charge in [-0.25, -0.2) is 0 Å². The third-order valence-corrected chi connectivity index (χ3v) is 2.55. The summed E-state index contributed by atoms with van der Waals surface area (Å²) in [4.78, 5) is 11.2. The monoisotopic (exact) mass is 307 g/mol. The summed E-state index contributed by atoms with van der Waals surface area (Å²) in [5, 5.41) is 2.34. The van der Waals surface area contributed by atoms with Gasteiger partial charge in [0.2, 0.25) is 5.91 Å². The molecule has 0 fully saturated rings. The number of allylic oxidation sites excluding steroid dienone is 1. The number of benzene rings is 1. The maximum Gasteiger partial charge on any atom is 0.417 e. The molecule has 2 nitrogen and oxygen atoms in total. The van der Waals surface area contributed by atoms with Crippen molar-refractivity contribution in [1.29, 1.82) is 0 Å². The number of hydrogen-bond donors (Lipinski definition) is 1. The summed E-state index contributed by atoms with van der Waals surface area (Å²) in [5.74, 6) is -0.469. The molecule has 0 atom stereocenters. The standard InChI is InChI=1S/C11H9BrF3NO/c1-2-3-10(17)16-7-4-5-9(12)8(6-7)11(13,14)15/h2-6H,1H3,(H,16,17). The Kier molecular flexibility index (Phi) is 4.34. The third kappa shape index (κ3) is 3.89. The molecule has 6 heteroatoms. The quantitative estimate of drug-likeness (QED) is 0.823. The Morgan fingerprint density at radius 2 is 2.06 bits per heavy atom. The molecule has 1 N–H and O–H groups in total. The van der Waals surface area contributed by atoms with Crippen molar-refractivity contribution in [3.63, 3.8) is 0 Å². The van der Waals surface area contributed by atoms with Gasteiger partial charge in [0.15, 0.2) is 0 Å². The Bertz CT molecular complexity index is 455. The zero-order valence-corrected chi connectivity index (χ0v) is 10.4. The van der Waals surface area contributed by atoms with Gasteiger partial charge in [0, 0.05) is 10.2 Å². The van der Waals surface area contributed by atoms with Gasteiger partial charge in [-0.3, -0.25) is 4.79 Å². The van der Waals surface area contributed by atoms with E-state index in [1.807, 2.05) is 0 Å². The van der Waals surface area contributed by atoms with Gasteiger partial charge < -0.3 is 5.32 Å². The zero-order valence-electron chi connectivity index (χ0n) is 8.81. The van der Waals surface area contributed by atoms with Crippen LogP contribution >= 0.6 is 15.9 Å². The van der Waals surface area contributed by atoms with Crippen molar-refractivity contribution in [2.24, 2.45) is 0 Å². The van der Waals surface area contributed by atoms with Gasteiger partial charge >= 0.3 is 6.18 Å². The van der Waals surface area contributed by atoms with Crippen LogP contribution in [0.15, 0.2) is 34.8 Å². The van der Waals surface area contributed by atoms with Crippen LogP contribution in [-0.2, 0) is 11.0 Å². The Balaban J connectivity index is 3.01. The Hall–Kier alpha value is -1.30. The number of nitrogens with one attached hydrogen (secondary N) is 1. The van der Waals surface area contributed by atoms with Crippen molar-refractivity contribution in [2.45, 2.75) is 13.1 Å². The smallest absolute Gasteiger partial charge is 0.323 e. The first-order chi connectivity index (χ1) is 7.84. The normalized spacial score (nSPS) is 11.8. The van der Waals surface area contributed by atoms with E-state index in [0.717, 1.165) is 6.07 Å². The van der Waals surface area contributed by atoms with Gasteiger partial charge in [0.25, 0.3) is 0 Å². The summed E-state index contributed by atoms with van der Waals surface area (Å²) in [6.45, 7) is 1.64. The summed E-state index contributed by atoms with van der Waals surface area (Å²) in [7, 11) is 0. The molecule has 0 aliphatic heterocycles. The molecule has 0 saturated heterocycles. The van der Waals surface area contributed by atoms with E-state index in [9.17, 15) is 18.0 Å². The van der Waals surface area contributed by atoms with Crippen molar-refractivity contribution in [3.8, 4) is 0 Å². The minimum Gasteiger partial charge on any atom is -0.323 e. The van der Waals surface area contributed by atoms with E-state index in [-0.39, 0.29) is 10.2 Å². The molecule has 0 saturated carbocycles. The van der Waals surface area contributed by atoms with E-state index in [1.54, 1.807) is 6.92 Å². The summed E-state index contributed by atoms with van der Waals surface area (Å²) in [6, 6.07) is 3.51. The molecule has 17 heavy (non-hydrogen) atoms. The van der Waals surface area contributed by atoms with E-state index in [4.69, 9.17) is 0 Å². The lowest BCUT2D eigenvalue weighted by atomic mass is 10.2. The maximum absolute atomic E-state index is 12.6. The second-order valence-corrected chi connectivity index (χ2v) is 4.04. The van der Waals surface area contributed by atoms with E-state index in [2.05, 4.69) is 21.2 Å². The summed E-state index contributed by atoms with van der Waals surface area (Å²) in [6.07, 6.45) is -1.73. The van der Waals surface area contributed by atoms with Crippen LogP contribution in [0.25, 0.3) is 0 Å². The molecular formula is C11H9BrF3NO. The topological polar surface area (TPSA) is 29.1 Å². The average molecular weight is 308 g/mol. The summed E-state index contributed by atoms with van der Waals surface area (Å²) >= 11 is 2.82. The molecule has 0 radical (unpaired) electrons. The molecule has 92 valence electrons. The fourth-order valence-corrected chi connectivity index (χ4v) is 1.63. The van der Waals surface area contributed by atoms with Gasteiger partial charge in [-0.2, -0.15) is 13.2 Å². The van der Waals surface area contributed by atoms with E-state index in [1.165, 1.54) is 24.3 Å². The molecule has 1 rings (SSSR count). The van der Waals surface area contributed by atoms with E-state index < -0.39 is 17.6 Å². The van der Waals surface area contributed by atoms with Crippen molar-refractivity contribution in [1.82, 2.24) is 0 Å². The number of halogens is 4. The van der Waals surface area contributed by atoms with Crippen molar-refractivity contribution >= 4 is 27.5 Å². The maximum atomic E-state index is 12.6. The molecule has 0 aliphatic carbocycles. The minimum atomic E-state index is -4.46. The van der Waals surface area contributed by atoms with Gasteiger partial charge in [-0.1, -0.05) is 22.0 Å². The highest BCUT2D eigenvalue weighted by Gasteiger charge is 2.33. The summed E-state index contributed by atoms with van der Waals surface area (Å²) < 4.78 is 37.6. The number of alkyl halides is 3. The van der Waals surface area contributed by atoms with Crippen LogP contribution in [0.2, 0.25) is 0 Å². The molecule has 0 aromatic heterocycles. The second-order valence-electron chi connectivity index (χ2n) is 3.18. The van der Waals surface area contributed by atoms with Crippen LogP contribution in [0.5, 0.6) is 0 Å². The zero-order chi connectivity index (χ0) is 13.1. The van der Waals surface area contributed by atoms with Gasteiger partial charge in [-0.15, -0.1) is 0 Å². The Morgan fingerprint density at radius 1 is 1.41 bits per heavy atom. The Morgan fingerprint density at radius 3 is 2.59 bits per heavy atom. The SMILES string of the molecule is CC=CC(=O)Nc1ccc(Br)c(C(F)(F)F)c1. The number of carbonyl (C=O) groups is 1. The third-order valence-electron chi connectivity index (χ3n) is 1.86. The molecule has 0 aliphatic rings. The molecule has 1 aromatic rings. The van der Waals surface area contributed by atoms with Crippen molar-refractivity contribution < 1.29 is 18.0 Å². The van der Waals surface area contributed by atoms with Crippen LogP contribution in [0.1, 0.15) is 12.5 Å². The first kappa shape index (κ1) is 13.8. The van der Waals surface area contributed by atoms with Crippen LogP contribution < -0.4 is 5.32 Å². The largest absolute Gasteiger partial charge is 0.417 e. The summed E-state index contributed by atoms with van der Waals surface area (Å²) in [5.41, 5.74) is -0.723. The lowest BCUT2D eigenvalue weighted by Gasteiger charge is -2.11. The predicted octanol–water partition coefficient (Wildman–Crippen LogP) is 3.98. The van der Waals surface area contributed by atoms with Crippen LogP contribution in [0.3, 0.4) is 0 Å². The first-order valence-electron chi connectivity index (χ1n) is 4.65. The number of hydrogen-bond acceptors (Lipinski definition) is 1. The van der Waals surface area contributed by atoms with Crippen LogP contribution in [0.4, 0.5) is 18.9 Å². The fourth-order valence-electron chi connectivity index (χ4n) is 1.16. The molecule has 0 heterocycles. The molecule has 0 spiro atoms. The molecule has 0 bridgehead atoms. The van der Waals surface area contributed by atoms with Crippen LogP contribution in [0, 0.1) is 0 Å². The van der Waals surface area contributed by atoms with Gasteiger partial charge in [0.05, 0.1) is 5.56 Å². The van der Waals surface area contributed by atoms with E-state index >= 15 is 0 Å². The number of carbonyl (C=O) groups excluding carboxylic acids is 1. The van der Waals surface area contributed by atoms with Gasteiger partial charge in [0.1, 0.15) is 0 Å². The highest BCUT2D eigenvalue weighted by Crippen LogP contribution is 2.36. The minimum absolute atomic E-state index is 0.0611. The lowest BCUT2D eigenvalue weighted by molar-refractivity contribution is -0.138. The first-order valence-corrected chi connectivity index (χ1v) is 5.44. The lowest BCUT2D eigenvalue weighted by Crippen LogP contribution is -2.11. The molecule has 1 aromatic carbocycles. The van der Waals surface area contributed by atoms with Crippen molar-refractivity contribution in [2.75, 3.05) is 5.32 Å². The predicted molar refractivity (Wildman–Crippen MR) is 62.6 cm³/mol. The Labute approximate surface area is 105 Å². The molecular weight excluding hydrogens is 299 g/mol. The van der Waals surface area contributed by atoms with Gasteiger partial charge in [-0.05, 0) is 31.2 Å². The van der Waals surface area contributed by atoms with Crippen molar-refractivity contribution in [3.05, 3.63) is 40.4 Å². The highest BCUT2D eigenvalue weighted by atomic mass is 79.9. The average Bonchev–Trinajstić information content (AvgIpc) is 2.19. The number of anilines is 1. The molecule has 0 unspecified atom stereocenters. The molecule has 1 amide bonds. The number of amides is 1. The second kappa shape index (κ2) is 5.35. The highest BCUT2D eigenvalue weighted by molar-refractivity contribution is 9.10. The fraction of sp³-hybridized carbons (Fsp3) is 0.182.